The lowest BCUT2D eigenvalue weighted by atomic mass is 9.92. The van der Waals surface area contributed by atoms with Gasteiger partial charge in [-0.3, -0.25) is 0 Å². The summed E-state index contributed by atoms with van der Waals surface area (Å²) in [4.78, 5) is 0. The number of aromatic nitrogens is 2. The molecule has 0 spiro atoms. The molecule has 0 saturated heterocycles. The van der Waals surface area contributed by atoms with Crippen molar-refractivity contribution in [1.82, 2.24) is 9.78 Å². The third-order valence-corrected chi connectivity index (χ3v) is 5.45. The van der Waals surface area contributed by atoms with Gasteiger partial charge in [0.05, 0.1) is 23.9 Å². The van der Waals surface area contributed by atoms with Gasteiger partial charge in [0.2, 0.25) is 5.60 Å². The Bertz CT molecular complexity index is 1220. The van der Waals surface area contributed by atoms with Crippen molar-refractivity contribution in [3.63, 3.8) is 0 Å². The van der Waals surface area contributed by atoms with Crippen molar-refractivity contribution in [1.29, 1.82) is 0 Å². The number of benzene rings is 3. The molecular formula is C22H16BrF4N3O. The van der Waals surface area contributed by atoms with E-state index in [4.69, 9.17) is 0 Å². The van der Waals surface area contributed by atoms with Crippen LogP contribution in [0, 0.1) is 5.82 Å². The Morgan fingerprint density at radius 3 is 2.42 bits per heavy atom. The molecule has 3 aromatic carbocycles. The topological polar surface area (TPSA) is 50.1 Å². The zero-order valence-electron chi connectivity index (χ0n) is 15.9. The van der Waals surface area contributed by atoms with Crippen molar-refractivity contribution in [2.75, 3.05) is 11.9 Å². The molecule has 4 nitrogen and oxygen atoms in total. The molecule has 0 fully saturated rings. The van der Waals surface area contributed by atoms with E-state index in [1.165, 1.54) is 53.3 Å². The number of alkyl halides is 3. The fraction of sp³-hybridized carbons (Fsp3) is 0.136. The number of rotatable bonds is 5. The second-order valence-corrected chi connectivity index (χ2v) is 7.94. The molecular weight excluding hydrogens is 478 g/mol. The molecule has 4 rings (SSSR count). The van der Waals surface area contributed by atoms with E-state index < -0.39 is 24.1 Å². The SMILES string of the molecule is OC(CNc1cccc(Br)c1)(c1ccc2c(cnn2-c2ccc(F)cc2)c1)C(F)(F)F. The summed E-state index contributed by atoms with van der Waals surface area (Å²) in [6, 6.07) is 16.2. The number of aliphatic hydroxyl groups is 1. The van der Waals surface area contributed by atoms with Gasteiger partial charge >= 0.3 is 6.18 Å². The van der Waals surface area contributed by atoms with Crippen LogP contribution in [0.4, 0.5) is 23.2 Å². The predicted molar refractivity (Wildman–Crippen MR) is 114 cm³/mol. The van der Waals surface area contributed by atoms with Gasteiger partial charge in [-0.2, -0.15) is 18.3 Å². The van der Waals surface area contributed by atoms with Crippen molar-refractivity contribution in [3.05, 3.63) is 88.8 Å². The molecule has 0 aliphatic rings. The van der Waals surface area contributed by atoms with Crippen LogP contribution < -0.4 is 5.32 Å². The molecule has 0 saturated carbocycles. The van der Waals surface area contributed by atoms with Gasteiger partial charge in [0, 0.05) is 15.5 Å². The Morgan fingerprint density at radius 2 is 1.74 bits per heavy atom. The van der Waals surface area contributed by atoms with E-state index in [0.29, 0.717) is 26.8 Å². The fourth-order valence-electron chi connectivity index (χ4n) is 3.27. The van der Waals surface area contributed by atoms with Crippen LogP contribution in [0.15, 0.2) is 77.4 Å². The Morgan fingerprint density at radius 1 is 1.00 bits per heavy atom. The maximum absolute atomic E-state index is 13.9. The molecule has 0 aliphatic carbocycles. The van der Waals surface area contributed by atoms with Crippen LogP contribution in [0.3, 0.4) is 0 Å². The molecule has 31 heavy (non-hydrogen) atoms. The van der Waals surface area contributed by atoms with Crippen LogP contribution in [0.5, 0.6) is 0 Å². The first-order valence-corrected chi connectivity index (χ1v) is 9.99. The lowest BCUT2D eigenvalue weighted by Gasteiger charge is -2.31. The van der Waals surface area contributed by atoms with Crippen molar-refractivity contribution in [2.45, 2.75) is 11.8 Å². The average molecular weight is 494 g/mol. The summed E-state index contributed by atoms with van der Waals surface area (Å²) in [6.07, 6.45) is -3.52. The van der Waals surface area contributed by atoms with E-state index in [1.54, 1.807) is 24.3 Å². The fourth-order valence-corrected chi connectivity index (χ4v) is 3.67. The first kappa shape index (κ1) is 21.3. The molecule has 2 N–H and O–H groups in total. The summed E-state index contributed by atoms with van der Waals surface area (Å²) in [5, 5.41) is 18.0. The lowest BCUT2D eigenvalue weighted by Crippen LogP contribution is -2.47. The van der Waals surface area contributed by atoms with Crippen LogP contribution in [0.1, 0.15) is 5.56 Å². The summed E-state index contributed by atoms with van der Waals surface area (Å²) in [5.74, 6) is -0.407. The predicted octanol–water partition coefficient (Wildman–Crippen LogP) is 5.79. The van der Waals surface area contributed by atoms with E-state index in [2.05, 4.69) is 26.3 Å². The van der Waals surface area contributed by atoms with Crippen LogP contribution in [0.25, 0.3) is 16.6 Å². The second kappa shape index (κ2) is 7.97. The van der Waals surface area contributed by atoms with Gasteiger partial charge in [0.25, 0.3) is 0 Å². The Labute approximate surface area is 183 Å². The molecule has 0 amide bonds. The minimum atomic E-state index is -4.92. The molecule has 1 unspecified atom stereocenters. The summed E-state index contributed by atoms with van der Waals surface area (Å²) in [7, 11) is 0. The summed E-state index contributed by atoms with van der Waals surface area (Å²) in [5.41, 5.74) is -1.91. The summed E-state index contributed by atoms with van der Waals surface area (Å²) < 4.78 is 57.1. The highest BCUT2D eigenvalue weighted by molar-refractivity contribution is 9.10. The number of hydrogen-bond donors (Lipinski definition) is 2. The Kier molecular flexibility index (Phi) is 5.49. The number of nitrogens with one attached hydrogen (secondary N) is 1. The molecule has 0 bridgehead atoms. The van der Waals surface area contributed by atoms with Crippen LogP contribution >= 0.6 is 15.9 Å². The van der Waals surface area contributed by atoms with Crippen LogP contribution in [-0.4, -0.2) is 27.6 Å². The van der Waals surface area contributed by atoms with E-state index in [1.807, 2.05) is 0 Å². The van der Waals surface area contributed by atoms with Gasteiger partial charge in [-0.15, -0.1) is 0 Å². The van der Waals surface area contributed by atoms with Crippen molar-refractivity contribution >= 4 is 32.5 Å². The number of nitrogens with zero attached hydrogens (tertiary/aromatic N) is 2. The number of hydrogen-bond acceptors (Lipinski definition) is 3. The van der Waals surface area contributed by atoms with E-state index >= 15 is 0 Å². The molecule has 4 aromatic rings. The normalized spacial score (nSPS) is 13.9. The molecule has 1 atom stereocenters. The maximum atomic E-state index is 13.9. The summed E-state index contributed by atoms with van der Waals surface area (Å²) in [6.45, 7) is -0.773. The minimum Gasteiger partial charge on any atom is -0.381 e. The van der Waals surface area contributed by atoms with E-state index in [-0.39, 0.29) is 5.56 Å². The average Bonchev–Trinajstić information content (AvgIpc) is 3.15. The largest absolute Gasteiger partial charge is 0.423 e. The highest BCUT2D eigenvalue weighted by atomic mass is 79.9. The van der Waals surface area contributed by atoms with Gasteiger partial charge in [0.15, 0.2) is 0 Å². The Balaban J connectivity index is 1.70. The third kappa shape index (κ3) is 4.15. The molecule has 1 heterocycles. The van der Waals surface area contributed by atoms with Gasteiger partial charge in [-0.25, -0.2) is 9.07 Å². The first-order valence-electron chi connectivity index (χ1n) is 9.20. The zero-order chi connectivity index (χ0) is 22.2. The molecule has 160 valence electrons. The highest BCUT2D eigenvalue weighted by Crippen LogP contribution is 2.40. The van der Waals surface area contributed by atoms with Crippen molar-refractivity contribution in [3.8, 4) is 5.69 Å². The van der Waals surface area contributed by atoms with Crippen LogP contribution in [0.2, 0.25) is 0 Å². The number of halogens is 5. The second-order valence-electron chi connectivity index (χ2n) is 7.03. The van der Waals surface area contributed by atoms with E-state index in [0.717, 1.165) is 0 Å². The van der Waals surface area contributed by atoms with Crippen molar-refractivity contribution in [2.24, 2.45) is 0 Å². The number of fused-ring (bicyclic) bond motifs is 1. The first-order chi connectivity index (χ1) is 14.7. The van der Waals surface area contributed by atoms with Gasteiger partial charge in [0.1, 0.15) is 5.82 Å². The molecule has 1 aromatic heterocycles. The van der Waals surface area contributed by atoms with Crippen molar-refractivity contribution < 1.29 is 22.7 Å². The quantitative estimate of drug-likeness (QED) is 0.346. The van der Waals surface area contributed by atoms with Crippen LogP contribution in [-0.2, 0) is 5.60 Å². The minimum absolute atomic E-state index is 0.311. The summed E-state index contributed by atoms with van der Waals surface area (Å²) >= 11 is 3.26. The standard InChI is InChI=1S/C22H16BrF4N3O/c23-16-2-1-3-18(11-16)28-13-21(31,22(25,26)27)15-4-9-20-14(10-15)12-29-30(20)19-7-5-17(24)6-8-19/h1-12,28,31H,13H2. The monoisotopic (exact) mass is 493 g/mol. The Hall–Kier alpha value is -2.91. The number of anilines is 1. The smallest absolute Gasteiger partial charge is 0.381 e. The molecule has 9 heteroatoms. The lowest BCUT2D eigenvalue weighted by molar-refractivity contribution is -0.260. The molecule has 0 radical (unpaired) electrons. The zero-order valence-corrected chi connectivity index (χ0v) is 17.5. The van der Waals surface area contributed by atoms with Gasteiger partial charge < -0.3 is 10.4 Å². The molecule has 0 aliphatic heterocycles. The highest BCUT2D eigenvalue weighted by Gasteiger charge is 2.55. The maximum Gasteiger partial charge on any atom is 0.423 e. The van der Waals surface area contributed by atoms with E-state index in [9.17, 15) is 22.7 Å². The van der Waals surface area contributed by atoms with Gasteiger partial charge in [-0.1, -0.05) is 28.1 Å². The van der Waals surface area contributed by atoms with Gasteiger partial charge in [-0.05, 0) is 60.2 Å². The third-order valence-electron chi connectivity index (χ3n) is 4.96.